The van der Waals surface area contributed by atoms with Crippen LogP contribution in [0.25, 0.3) is 0 Å². The molecule has 104 valence electrons. The summed E-state index contributed by atoms with van der Waals surface area (Å²) in [7, 11) is 0. The van der Waals surface area contributed by atoms with E-state index in [0.717, 1.165) is 23.9 Å². The maximum Gasteiger partial charge on any atom is 0.207 e. The summed E-state index contributed by atoms with van der Waals surface area (Å²) in [6.07, 6.45) is 5.92. The van der Waals surface area contributed by atoms with E-state index in [-0.39, 0.29) is 0 Å². The second kappa shape index (κ2) is 5.47. The van der Waals surface area contributed by atoms with Gasteiger partial charge in [0.25, 0.3) is 0 Å². The van der Waals surface area contributed by atoms with Crippen molar-refractivity contribution < 1.29 is 0 Å². The van der Waals surface area contributed by atoms with Crippen LogP contribution in [-0.2, 0) is 6.54 Å². The minimum absolute atomic E-state index is 0.368. The van der Waals surface area contributed by atoms with Crippen molar-refractivity contribution in [2.45, 2.75) is 47.2 Å². The van der Waals surface area contributed by atoms with Crippen molar-refractivity contribution in [1.82, 2.24) is 19.3 Å². The zero-order valence-electron chi connectivity index (χ0n) is 12.4. The molecule has 0 spiro atoms. The van der Waals surface area contributed by atoms with E-state index >= 15 is 0 Å². The van der Waals surface area contributed by atoms with Crippen molar-refractivity contribution in [2.75, 3.05) is 5.32 Å². The molecule has 0 saturated heterocycles. The van der Waals surface area contributed by atoms with Gasteiger partial charge in [-0.1, -0.05) is 13.8 Å². The lowest BCUT2D eigenvalue weighted by Crippen LogP contribution is -2.07. The number of aryl methyl sites for hydroxylation is 1. The first-order chi connectivity index (χ1) is 8.95. The van der Waals surface area contributed by atoms with Crippen LogP contribution in [0.2, 0.25) is 0 Å². The van der Waals surface area contributed by atoms with Crippen molar-refractivity contribution in [2.24, 2.45) is 5.92 Å². The van der Waals surface area contributed by atoms with Gasteiger partial charge in [-0.3, -0.25) is 4.68 Å². The molecule has 0 amide bonds. The fourth-order valence-corrected chi connectivity index (χ4v) is 1.99. The number of rotatable bonds is 5. The molecule has 5 nitrogen and oxygen atoms in total. The first-order valence-electron chi connectivity index (χ1n) is 6.80. The number of aromatic nitrogens is 4. The van der Waals surface area contributed by atoms with Crippen LogP contribution in [0.15, 0.2) is 18.6 Å². The Bertz CT molecular complexity index is 536. The molecule has 0 saturated carbocycles. The summed E-state index contributed by atoms with van der Waals surface area (Å²) in [5, 5.41) is 7.67. The highest BCUT2D eigenvalue weighted by molar-refractivity contribution is 5.51. The molecule has 2 aromatic rings. The molecule has 2 rings (SSSR count). The van der Waals surface area contributed by atoms with Crippen LogP contribution in [0.5, 0.6) is 0 Å². The van der Waals surface area contributed by atoms with Gasteiger partial charge in [0, 0.05) is 25.0 Å². The molecule has 19 heavy (non-hydrogen) atoms. The van der Waals surface area contributed by atoms with Crippen LogP contribution in [0.3, 0.4) is 0 Å². The van der Waals surface area contributed by atoms with E-state index in [1.807, 2.05) is 24.0 Å². The minimum atomic E-state index is 0.368. The van der Waals surface area contributed by atoms with Gasteiger partial charge in [-0.25, -0.2) is 4.98 Å². The van der Waals surface area contributed by atoms with Crippen LogP contribution in [0.1, 0.15) is 39.4 Å². The average Bonchev–Trinajstić information content (AvgIpc) is 2.86. The number of anilines is 2. The Hall–Kier alpha value is -1.78. The number of imidazole rings is 1. The first-order valence-corrected chi connectivity index (χ1v) is 6.80. The van der Waals surface area contributed by atoms with E-state index in [4.69, 9.17) is 0 Å². The van der Waals surface area contributed by atoms with Crippen molar-refractivity contribution in [3.05, 3.63) is 24.3 Å². The van der Waals surface area contributed by atoms with Gasteiger partial charge >= 0.3 is 0 Å². The summed E-state index contributed by atoms with van der Waals surface area (Å²) < 4.78 is 4.09. The molecule has 0 bridgehead atoms. The molecule has 0 radical (unpaired) electrons. The average molecular weight is 261 g/mol. The van der Waals surface area contributed by atoms with Crippen LogP contribution < -0.4 is 5.32 Å². The van der Waals surface area contributed by atoms with Crippen molar-refractivity contribution in [3.63, 3.8) is 0 Å². The van der Waals surface area contributed by atoms with Crippen molar-refractivity contribution in [1.29, 1.82) is 0 Å². The lowest BCUT2D eigenvalue weighted by molar-refractivity contribution is 0.527. The highest BCUT2D eigenvalue weighted by Gasteiger charge is 2.09. The lowest BCUT2D eigenvalue weighted by Gasteiger charge is -2.10. The normalized spacial score (nSPS) is 11.5. The molecule has 5 heteroatoms. The van der Waals surface area contributed by atoms with Crippen LogP contribution >= 0.6 is 0 Å². The second-order valence-corrected chi connectivity index (χ2v) is 5.68. The topological polar surface area (TPSA) is 47.7 Å². The largest absolute Gasteiger partial charge is 0.323 e. The quantitative estimate of drug-likeness (QED) is 0.897. The van der Waals surface area contributed by atoms with Gasteiger partial charge < -0.3 is 9.88 Å². The van der Waals surface area contributed by atoms with Gasteiger partial charge in [0.2, 0.25) is 5.95 Å². The number of nitrogens with one attached hydrogen (secondary N) is 1. The van der Waals surface area contributed by atoms with Gasteiger partial charge in [-0.05, 0) is 26.7 Å². The van der Waals surface area contributed by atoms with E-state index in [1.54, 1.807) is 0 Å². The SMILES string of the molecule is Cc1cn(CC(C)C)c(Nc2cnn(C(C)C)c2)n1. The minimum Gasteiger partial charge on any atom is -0.323 e. The summed E-state index contributed by atoms with van der Waals surface area (Å²) in [5.41, 5.74) is 2.00. The third-order valence-electron chi connectivity index (χ3n) is 2.85. The highest BCUT2D eigenvalue weighted by Crippen LogP contribution is 2.18. The van der Waals surface area contributed by atoms with Gasteiger partial charge in [0.1, 0.15) is 0 Å². The zero-order valence-corrected chi connectivity index (χ0v) is 12.4. The molecule has 0 atom stereocenters. The third-order valence-corrected chi connectivity index (χ3v) is 2.85. The van der Waals surface area contributed by atoms with Crippen LogP contribution in [0.4, 0.5) is 11.6 Å². The van der Waals surface area contributed by atoms with E-state index in [2.05, 4.69) is 53.9 Å². The van der Waals surface area contributed by atoms with Gasteiger partial charge in [-0.15, -0.1) is 0 Å². The summed E-state index contributed by atoms with van der Waals surface area (Å²) in [5.74, 6) is 1.47. The Balaban J connectivity index is 2.17. The Morgan fingerprint density at radius 1 is 1.21 bits per heavy atom. The summed E-state index contributed by atoms with van der Waals surface area (Å²) >= 11 is 0. The summed E-state index contributed by atoms with van der Waals surface area (Å²) in [6, 6.07) is 0.368. The molecule has 2 heterocycles. The molecular formula is C14H23N5. The third kappa shape index (κ3) is 3.36. The van der Waals surface area contributed by atoms with Crippen molar-refractivity contribution in [3.8, 4) is 0 Å². The predicted octanol–water partition coefficient (Wildman–Crippen LogP) is 3.37. The van der Waals surface area contributed by atoms with E-state index in [1.165, 1.54) is 0 Å². The molecule has 0 fully saturated rings. The van der Waals surface area contributed by atoms with E-state index < -0.39 is 0 Å². The van der Waals surface area contributed by atoms with Gasteiger partial charge in [0.05, 0.1) is 17.6 Å². The number of hydrogen-bond donors (Lipinski definition) is 1. The number of hydrogen-bond acceptors (Lipinski definition) is 3. The van der Waals surface area contributed by atoms with E-state index in [9.17, 15) is 0 Å². The maximum atomic E-state index is 4.53. The standard InChI is InChI=1S/C14H23N5/c1-10(2)7-18-8-12(5)16-14(18)17-13-6-15-19(9-13)11(3)4/h6,8-11H,7H2,1-5H3,(H,16,17). The van der Waals surface area contributed by atoms with Gasteiger partial charge in [-0.2, -0.15) is 5.10 Å². The Labute approximate surface area is 114 Å². The molecule has 0 unspecified atom stereocenters. The highest BCUT2D eigenvalue weighted by atomic mass is 15.3. The molecule has 0 aliphatic rings. The molecule has 0 aliphatic carbocycles. The Morgan fingerprint density at radius 3 is 2.53 bits per heavy atom. The number of nitrogens with zero attached hydrogens (tertiary/aromatic N) is 4. The van der Waals surface area contributed by atoms with Crippen LogP contribution in [-0.4, -0.2) is 19.3 Å². The summed E-state index contributed by atoms with van der Waals surface area (Å²) in [6.45, 7) is 11.6. The smallest absolute Gasteiger partial charge is 0.207 e. The predicted molar refractivity (Wildman–Crippen MR) is 77.7 cm³/mol. The molecule has 1 N–H and O–H groups in total. The van der Waals surface area contributed by atoms with E-state index in [0.29, 0.717) is 12.0 Å². The lowest BCUT2D eigenvalue weighted by atomic mass is 10.2. The fraction of sp³-hybridized carbons (Fsp3) is 0.571. The Morgan fingerprint density at radius 2 is 1.95 bits per heavy atom. The van der Waals surface area contributed by atoms with Gasteiger partial charge in [0.15, 0.2) is 0 Å². The molecular weight excluding hydrogens is 238 g/mol. The molecule has 0 aliphatic heterocycles. The molecule has 2 aromatic heterocycles. The fourth-order valence-electron chi connectivity index (χ4n) is 1.99. The van der Waals surface area contributed by atoms with Crippen molar-refractivity contribution >= 4 is 11.6 Å². The summed E-state index contributed by atoms with van der Waals surface area (Å²) in [4.78, 5) is 4.53. The second-order valence-electron chi connectivity index (χ2n) is 5.68. The Kier molecular flexibility index (Phi) is 3.93. The monoisotopic (exact) mass is 261 g/mol. The molecule has 0 aromatic carbocycles. The van der Waals surface area contributed by atoms with Crippen LogP contribution in [0, 0.1) is 12.8 Å². The maximum absolute atomic E-state index is 4.53. The zero-order chi connectivity index (χ0) is 14.0. The first kappa shape index (κ1) is 13.6.